The molecule has 8 heteroatoms. The van der Waals surface area contributed by atoms with Crippen LogP contribution in [0.5, 0.6) is 5.75 Å². The highest BCUT2D eigenvalue weighted by Gasteiger charge is 2.33. The third-order valence-electron chi connectivity index (χ3n) is 4.71. The van der Waals surface area contributed by atoms with Crippen LogP contribution in [0, 0.1) is 5.82 Å². The first kappa shape index (κ1) is 22.9. The van der Waals surface area contributed by atoms with Crippen LogP contribution >= 0.6 is 47.3 Å². The number of amides is 1. The first-order valence-electron chi connectivity index (χ1n) is 9.54. The van der Waals surface area contributed by atoms with Gasteiger partial charge in [-0.25, -0.2) is 4.39 Å². The third kappa shape index (κ3) is 5.02. The molecule has 4 rings (SSSR count). The highest BCUT2D eigenvalue weighted by Crippen LogP contribution is 2.37. The van der Waals surface area contributed by atoms with Gasteiger partial charge in [-0.15, -0.1) is 11.8 Å². The molecule has 0 bridgehead atoms. The van der Waals surface area contributed by atoms with Crippen LogP contribution in [0.2, 0.25) is 5.02 Å². The number of carbonyl (C=O) groups is 1. The zero-order valence-electron chi connectivity index (χ0n) is 16.9. The van der Waals surface area contributed by atoms with Crippen LogP contribution in [0.25, 0.3) is 6.08 Å². The summed E-state index contributed by atoms with van der Waals surface area (Å²) in [6, 6.07) is 19.5. The highest BCUT2D eigenvalue weighted by molar-refractivity contribution is 8.27. The van der Waals surface area contributed by atoms with E-state index < -0.39 is 5.82 Å². The van der Waals surface area contributed by atoms with E-state index in [-0.39, 0.29) is 12.5 Å². The van der Waals surface area contributed by atoms with Crippen molar-refractivity contribution in [3.63, 3.8) is 0 Å². The minimum atomic E-state index is -0.414. The van der Waals surface area contributed by atoms with Gasteiger partial charge in [-0.2, -0.15) is 0 Å². The first-order chi connectivity index (χ1) is 15.5. The van der Waals surface area contributed by atoms with E-state index in [0.29, 0.717) is 25.6 Å². The summed E-state index contributed by atoms with van der Waals surface area (Å²) in [4.78, 5) is 16.2. The molecule has 1 aliphatic heterocycles. The fourth-order valence-electron chi connectivity index (χ4n) is 3.11. The summed E-state index contributed by atoms with van der Waals surface area (Å²) in [7, 11) is 0. The van der Waals surface area contributed by atoms with Gasteiger partial charge in [0, 0.05) is 10.5 Å². The number of rotatable bonds is 6. The molecule has 3 aromatic carbocycles. The summed E-state index contributed by atoms with van der Waals surface area (Å²) in [5.41, 5.74) is 1.83. The highest BCUT2D eigenvalue weighted by atomic mass is 35.5. The standard InChI is InChI=1S/C24H17ClFNO2S3/c1-31-18-8-3-6-16(13-18)27-23(28)22(32-24(27)30)12-15-5-2-7-17(11-15)29-14-19-20(25)9-4-10-21(19)26/h2-13H,14H2,1H3/b22-12+. The van der Waals surface area contributed by atoms with Crippen molar-refractivity contribution < 1.29 is 13.9 Å². The Morgan fingerprint density at radius 3 is 2.72 bits per heavy atom. The molecule has 0 unspecified atom stereocenters. The summed E-state index contributed by atoms with van der Waals surface area (Å²) >= 11 is 14.4. The van der Waals surface area contributed by atoms with Crippen LogP contribution in [0.1, 0.15) is 11.1 Å². The number of ether oxygens (including phenoxy) is 1. The molecule has 162 valence electrons. The van der Waals surface area contributed by atoms with Gasteiger partial charge in [0.15, 0.2) is 4.32 Å². The predicted molar refractivity (Wildman–Crippen MR) is 136 cm³/mol. The molecule has 0 saturated carbocycles. The maximum atomic E-state index is 14.0. The fourth-order valence-corrected chi connectivity index (χ4v) is 5.08. The second-order valence-electron chi connectivity index (χ2n) is 6.78. The van der Waals surface area contributed by atoms with Crippen LogP contribution in [-0.2, 0) is 11.4 Å². The Labute approximate surface area is 204 Å². The Balaban J connectivity index is 1.53. The second kappa shape index (κ2) is 10.1. The molecular formula is C24H17ClFNO2S3. The van der Waals surface area contributed by atoms with Crippen molar-refractivity contribution in [3.05, 3.63) is 93.6 Å². The van der Waals surface area contributed by atoms with Crippen molar-refractivity contribution >= 4 is 69.3 Å². The minimum absolute atomic E-state index is 0.00283. The SMILES string of the molecule is CSc1cccc(N2C(=O)/C(=C\c3cccc(OCc4c(F)cccc4Cl)c3)SC2=S)c1. The summed E-state index contributed by atoms with van der Waals surface area (Å²) in [5, 5.41) is 0.315. The lowest BCUT2D eigenvalue weighted by Gasteiger charge is -2.15. The number of hydrogen-bond acceptors (Lipinski definition) is 5. The molecule has 3 nitrogen and oxygen atoms in total. The van der Waals surface area contributed by atoms with Crippen LogP contribution in [0.15, 0.2) is 76.5 Å². The average Bonchev–Trinajstić information content (AvgIpc) is 3.06. The molecule has 3 aromatic rings. The van der Waals surface area contributed by atoms with E-state index in [9.17, 15) is 9.18 Å². The van der Waals surface area contributed by atoms with Crippen LogP contribution < -0.4 is 9.64 Å². The van der Waals surface area contributed by atoms with E-state index in [1.54, 1.807) is 47.0 Å². The van der Waals surface area contributed by atoms with Gasteiger partial charge in [0.1, 0.15) is 18.2 Å². The first-order valence-corrected chi connectivity index (χ1v) is 12.4. The van der Waals surface area contributed by atoms with Gasteiger partial charge in [-0.1, -0.05) is 59.8 Å². The van der Waals surface area contributed by atoms with Crippen molar-refractivity contribution in [2.24, 2.45) is 0 Å². The smallest absolute Gasteiger partial charge is 0.270 e. The van der Waals surface area contributed by atoms with Crippen molar-refractivity contribution in [1.29, 1.82) is 0 Å². The Morgan fingerprint density at radius 1 is 1.16 bits per heavy atom. The molecule has 1 heterocycles. The van der Waals surface area contributed by atoms with Crippen molar-refractivity contribution in [1.82, 2.24) is 0 Å². The number of thioether (sulfide) groups is 2. The predicted octanol–water partition coefficient (Wildman–Crippen LogP) is 7.19. The van der Waals surface area contributed by atoms with Gasteiger partial charge in [0.2, 0.25) is 0 Å². The maximum absolute atomic E-state index is 14.0. The number of benzene rings is 3. The van der Waals surface area contributed by atoms with Gasteiger partial charge < -0.3 is 4.74 Å². The molecule has 1 aliphatic rings. The lowest BCUT2D eigenvalue weighted by atomic mass is 10.2. The molecule has 32 heavy (non-hydrogen) atoms. The van der Waals surface area contributed by atoms with Gasteiger partial charge in [0.05, 0.1) is 15.6 Å². The monoisotopic (exact) mass is 501 g/mol. The zero-order chi connectivity index (χ0) is 22.7. The molecule has 0 N–H and O–H groups in total. The number of hydrogen-bond donors (Lipinski definition) is 0. The van der Waals surface area contributed by atoms with Crippen molar-refractivity contribution in [3.8, 4) is 5.75 Å². The second-order valence-corrected chi connectivity index (χ2v) is 9.74. The molecule has 1 amide bonds. The molecule has 0 atom stereocenters. The van der Waals surface area contributed by atoms with E-state index >= 15 is 0 Å². The lowest BCUT2D eigenvalue weighted by molar-refractivity contribution is -0.113. The van der Waals surface area contributed by atoms with E-state index in [1.165, 1.54) is 17.8 Å². The molecule has 0 aliphatic carbocycles. The fraction of sp³-hybridized carbons (Fsp3) is 0.0833. The zero-order valence-corrected chi connectivity index (χ0v) is 20.1. The Morgan fingerprint density at radius 2 is 1.94 bits per heavy atom. The Hall–Kier alpha value is -2.32. The van der Waals surface area contributed by atoms with E-state index in [2.05, 4.69) is 0 Å². The molecule has 0 spiro atoms. The minimum Gasteiger partial charge on any atom is -0.489 e. The van der Waals surface area contributed by atoms with E-state index in [0.717, 1.165) is 16.1 Å². The Kier molecular flexibility index (Phi) is 7.20. The third-order valence-corrected chi connectivity index (χ3v) is 7.09. The molecule has 0 radical (unpaired) electrons. The number of anilines is 1. The largest absolute Gasteiger partial charge is 0.489 e. The molecule has 1 saturated heterocycles. The van der Waals surface area contributed by atoms with Gasteiger partial charge in [-0.05, 0) is 60.4 Å². The quantitative estimate of drug-likeness (QED) is 0.202. The number of halogens is 2. The van der Waals surface area contributed by atoms with Crippen molar-refractivity contribution in [2.45, 2.75) is 11.5 Å². The van der Waals surface area contributed by atoms with E-state index in [4.69, 9.17) is 28.6 Å². The van der Waals surface area contributed by atoms with Gasteiger partial charge in [-0.3, -0.25) is 9.69 Å². The Bertz CT molecular complexity index is 1210. The summed E-state index contributed by atoms with van der Waals surface area (Å²) in [6.07, 6.45) is 3.76. The van der Waals surface area contributed by atoms with Gasteiger partial charge in [0.25, 0.3) is 5.91 Å². The van der Waals surface area contributed by atoms with E-state index in [1.807, 2.05) is 42.7 Å². The van der Waals surface area contributed by atoms with Gasteiger partial charge >= 0.3 is 0 Å². The topological polar surface area (TPSA) is 29.5 Å². The lowest BCUT2D eigenvalue weighted by Crippen LogP contribution is -2.27. The summed E-state index contributed by atoms with van der Waals surface area (Å²) in [5.74, 6) is -0.0354. The molecule has 0 aromatic heterocycles. The number of nitrogens with zero attached hydrogens (tertiary/aromatic N) is 1. The number of carbonyl (C=O) groups excluding carboxylic acids is 1. The molecular weight excluding hydrogens is 485 g/mol. The normalized spacial score (nSPS) is 15.0. The van der Waals surface area contributed by atoms with Crippen molar-refractivity contribution in [2.75, 3.05) is 11.2 Å². The summed E-state index contributed by atoms with van der Waals surface area (Å²) < 4.78 is 20.2. The average molecular weight is 502 g/mol. The number of thiocarbonyl (C=S) groups is 1. The van der Waals surface area contributed by atoms with Crippen LogP contribution in [0.3, 0.4) is 0 Å². The molecule has 1 fully saturated rings. The maximum Gasteiger partial charge on any atom is 0.270 e. The summed E-state index contributed by atoms with van der Waals surface area (Å²) in [6.45, 7) is 0.00283. The van der Waals surface area contributed by atoms with Crippen LogP contribution in [-0.4, -0.2) is 16.5 Å². The van der Waals surface area contributed by atoms with Crippen LogP contribution in [0.4, 0.5) is 10.1 Å².